The van der Waals surface area contributed by atoms with Gasteiger partial charge in [0.1, 0.15) is 22.9 Å². The first-order valence-corrected chi connectivity index (χ1v) is 23.3. The van der Waals surface area contributed by atoms with Crippen molar-refractivity contribution in [2.75, 3.05) is 72.8 Å². The number of Topliss-reactive ketones (excluding diaryl/α,β-unsaturated/α-hetero) is 2. The summed E-state index contributed by atoms with van der Waals surface area (Å²) < 4.78 is 3.44. The molecule has 2 aliphatic carbocycles. The molecule has 0 radical (unpaired) electrons. The Labute approximate surface area is 382 Å². The number of carbonyl (C=O) groups is 2. The van der Waals surface area contributed by atoms with Gasteiger partial charge in [0.2, 0.25) is 11.9 Å². The Bertz CT molecular complexity index is 2680. The SMILES string of the molecule is CC(=O)c1c(C)c2cnc(Nc3ccc(N4CCNCC4)cn3)nc2n(C2CCCC2)c1=O.CC(=O)c1c(C)c2cnc(Nc3ccc(N4CCNCC4)cn3)nc2n(C2CCCC2)c1=O. The largest absolute Gasteiger partial charge is 0.368 e. The second kappa shape index (κ2) is 19.4. The molecule has 6 aromatic heterocycles. The molecule has 0 spiro atoms. The van der Waals surface area contributed by atoms with E-state index in [1.54, 1.807) is 35.4 Å². The molecule has 0 unspecified atom stereocenters. The minimum absolute atomic E-state index is 0.0536. The number of pyridine rings is 4. The van der Waals surface area contributed by atoms with Crippen molar-refractivity contribution in [3.05, 3.63) is 92.0 Å². The molecule has 6 aromatic rings. The molecule has 2 saturated heterocycles. The molecule has 10 rings (SSSR count). The maximum Gasteiger partial charge on any atom is 0.263 e. The van der Waals surface area contributed by atoms with Crippen molar-refractivity contribution in [3.63, 3.8) is 0 Å². The van der Waals surface area contributed by atoms with E-state index in [1.807, 2.05) is 36.7 Å². The second-order valence-electron chi connectivity index (χ2n) is 17.7. The monoisotopic (exact) mass is 894 g/mol. The van der Waals surface area contributed by atoms with Crippen LogP contribution in [0.4, 0.5) is 34.9 Å². The van der Waals surface area contributed by atoms with Gasteiger partial charge >= 0.3 is 0 Å². The van der Waals surface area contributed by atoms with Crippen molar-refractivity contribution in [2.24, 2.45) is 0 Å². The molecular formula is C48H58N14O4. The van der Waals surface area contributed by atoms with Crippen molar-refractivity contribution < 1.29 is 9.59 Å². The standard InChI is InChI=1S/2C24H29N7O2/c2*1-15-19-14-27-24(28-20-8-7-18(13-26-20)30-11-9-25-10-12-30)29-22(19)31(17-5-3-4-6-17)23(33)21(15)16(2)32/h2*7-8,13-14,17,25H,3-6,9-12H2,1-2H3,(H,26,27,28,29). The maximum absolute atomic E-state index is 13.3. The molecule has 2 aliphatic heterocycles. The summed E-state index contributed by atoms with van der Waals surface area (Å²) >= 11 is 0. The topological polar surface area (TPSA) is 210 Å². The normalized spacial score (nSPS) is 17.0. The number of anilines is 6. The van der Waals surface area contributed by atoms with Crippen LogP contribution >= 0.6 is 0 Å². The highest BCUT2D eigenvalue weighted by Crippen LogP contribution is 2.34. The van der Waals surface area contributed by atoms with E-state index in [-0.39, 0.29) is 45.9 Å². The van der Waals surface area contributed by atoms with Gasteiger partial charge < -0.3 is 31.1 Å². The van der Waals surface area contributed by atoms with Crippen LogP contribution in [-0.2, 0) is 0 Å². The molecule has 18 heteroatoms. The zero-order valence-electron chi connectivity index (χ0n) is 38.2. The third kappa shape index (κ3) is 9.11. The summed E-state index contributed by atoms with van der Waals surface area (Å²) in [6.45, 7) is 14.2. The van der Waals surface area contributed by atoms with Gasteiger partial charge in [0.15, 0.2) is 11.6 Å². The van der Waals surface area contributed by atoms with Gasteiger partial charge in [0.25, 0.3) is 11.1 Å². The average Bonchev–Trinajstić information content (AvgIpc) is 4.07. The van der Waals surface area contributed by atoms with Crippen molar-refractivity contribution in [3.8, 4) is 0 Å². The van der Waals surface area contributed by atoms with Crippen LogP contribution in [0.1, 0.15) is 109 Å². The molecule has 344 valence electrons. The van der Waals surface area contributed by atoms with Gasteiger partial charge in [0.05, 0.1) is 34.9 Å². The number of fused-ring (bicyclic) bond motifs is 2. The van der Waals surface area contributed by atoms with Crippen LogP contribution < -0.4 is 42.2 Å². The third-order valence-corrected chi connectivity index (χ3v) is 13.4. The first-order valence-electron chi connectivity index (χ1n) is 23.3. The summed E-state index contributed by atoms with van der Waals surface area (Å²) in [4.78, 5) is 83.2. The van der Waals surface area contributed by atoms with Gasteiger partial charge in [0, 0.05) is 87.6 Å². The van der Waals surface area contributed by atoms with Crippen LogP contribution in [0.25, 0.3) is 22.1 Å². The first kappa shape index (κ1) is 44.5. The van der Waals surface area contributed by atoms with Crippen LogP contribution in [-0.4, -0.2) is 103 Å². The second-order valence-corrected chi connectivity index (χ2v) is 17.7. The van der Waals surface area contributed by atoms with Crippen molar-refractivity contribution in [2.45, 2.75) is 91.1 Å². The number of piperazine rings is 2. The number of carbonyl (C=O) groups excluding carboxylic acids is 2. The lowest BCUT2D eigenvalue weighted by Crippen LogP contribution is -2.43. The lowest BCUT2D eigenvalue weighted by molar-refractivity contribution is 0.100. The van der Waals surface area contributed by atoms with Gasteiger partial charge in [-0.1, -0.05) is 25.7 Å². The summed E-state index contributed by atoms with van der Waals surface area (Å²) in [5.74, 6) is 1.60. The number of nitrogens with one attached hydrogen (secondary N) is 4. The number of ketones is 2. The molecule has 66 heavy (non-hydrogen) atoms. The Morgan fingerprint density at radius 2 is 0.939 bits per heavy atom. The van der Waals surface area contributed by atoms with Crippen molar-refractivity contribution >= 4 is 68.5 Å². The Hall–Kier alpha value is -6.66. The zero-order valence-corrected chi connectivity index (χ0v) is 38.2. The molecule has 4 N–H and O–H groups in total. The number of hydrogen-bond acceptors (Lipinski definition) is 16. The minimum Gasteiger partial charge on any atom is -0.368 e. The molecule has 0 amide bonds. The minimum atomic E-state index is -0.248. The molecule has 4 aliphatic rings. The van der Waals surface area contributed by atoms with Gasteiger partial charge in [-0.3, -0.25) is 28.3 Å². The Morgan fingerprint density at radius 3 is 1.27 bits per heavy atom. The molecule has 4 fully saturated rings. The molecular weight excluding hydrogens is 837 g/mol. The summed E-state index contributed by atoms with van der Waals surface area (Å²) in [5.41, 5.74) is 4.59. The van der Waals surface area contributed by atoms with E-state index in [4.69, 9.17) is 9.97 Å². The Kier molecular flexibility index (Phi) is 13.1. The van der Waals surface area contributed by atoms with Gasteiger partial charge in [-0.2, -0.15) is 9.97 Å². The molecule has 8 heterocycles. The van der Waals surface area contributed by atoms with E-state index in [2.05, 4.69) is 51.0 Å². The van der Waals surface area contributed by atoms with Gasteiger partial charge in [-0.15, -0.1) is 0 Å². The number of rotatable bonds is 10. The summed E-state index contributed by atoms with van der Waals surface area (Å²) in [6, 6.07) is 8.02. The number of nitrogens with zero attached hydrogens (tertiary/aromatic N) is 10. The molecule has 0 atom stereocenters. The number of hydrogen-bond donors (Lipinski definition) is 4. The van der Waals surface area contributed by atoms with E-state index in [0.717, 1.165) is 126 Å². The predicted octanol–water partition coefficient (Wildman–Crippen LogP) is 5.93. The summed E-state index contributed by atoms with van der Waals surface area (Å²) in [7, 11) is 0. The lowest BCUT2D eigenvalue weighted by atomic mass is 10.0. The molecule has 2 saturated carbocycles. The van der Waals surface area contributed by atoms with E-state index >= 15 is 0 Å². The average molecular weight is 895 g/mol. The smallest absolute Gasteiger partial charge is 0.263 e. The molecule has 18 nitrogen and oxygen atoms in total. The van der Waals surface area contributed by atoms with Crippen LogP contribution in [0.5, 0.6) is 0 Å². The molecule has 0 aromatic carbocycles. The van der Waals surface area contributed by atoms with Crippen LogP contribution in [0, 0.1) is 13.8 Å². The fraction of sp³-hybridized carbons (Fsp3) is 0.458. The fourth-order valence-electron chi connectivity index (χ4n) is 9.99. The highest BCUT2D eigenvalue weighted by atomic mass is 16.2. The summed E-state index contributed by atoms with van der Waals surface area (Å²) in [5, 5.41) is 14.5. The zero-order chi connectivity index (χ0) is 45.9. The highest BCUT2D eigenvalue weighted by Gasteiger charge is 2.28. The van der Waals surface area contributed by atoms with Crippen molar-refractivity contribution in [1.29, 1.82) is 0 Å². The van der Waals surface area contributed by atoms with Crippen LogP contribution in [0.2, 0.25) is 0 Å². The van der Waals surface area contributed by atoms with E-state index in [9.17, 15) is 19.2 Å². The Balaban J connectivity index is 0.000000166. The van der Waals surface area contributed by atoms with E-state index in [0.29, 0.717) is 46.0 Å². The highest BCUT2D eigenvalue weighted by molar-refractivity contribution is 6.00. The van der Waals surface area contributed by atoms with Crippen molar-refractivity contribution in [1.82, 2.24) is 49.7 Å². The quantitative estimate of drug-likeness (QED) is 0.117. The lowest BCUT2D eigenvalue weighted by Gasteiger charge is -2.29. The van der Waals surface area contributed by atoms with E-state index < -0.39 is 0 Å². The van der Waals surface area contributed by atoms with Gasteiger partial charge in [-0.05, 0) is 88.8 Å². The number of aromatic nitrogens is 8. The predicted molar refractivity (Wildman–Crippen MR) is 257 cm³/mol. The summed E-state index contributed by atoms with van der Waals surface area (Å²) in [6.07, 6.45) is 15.0. The van der Waals surface area contributed by atoms with E-state index in [1.165, 1.54) is 13.8 Å². The third-order valence-electron chi connectivity index (χ3n) is 13.4. The fourth-order valence-corrected chi connectivity index (χ4v) is 9.99. The Morgan fingerprint density at radius 1 is 0.561 bits per heavy atom. The maximum atomic E-state index is 13.3. The number of aryl methyl sites for hydroxylation is 2. The van der Waals surface area contributed by atoms with Crippen LogP contribution in [0.15, 0.2) is 58.6 Å². The first-order chi connectivity index (χ1) is 32.0. The molecule has 0 bridgehead atoms. The van der Waals surface area contributed by atoms with Gasteiger partial charge in [-0.25, -0.2) is 19.9 Å². The van der Waals surface area contributed by atoms with Crippen LogP contribution in [0.3, 0.4) is 0 Å².